The molecule has 672 valence electrons. The summed E-state index contributed by atoms with van der Waals surface area (Å²) in [7, 11) is 1.76. The van der Waals surface area contributed by atoms with Crippen molar-refractivity contribution in [3.8, 4) is 56.4 Å². The third-order valence-electron chi connectivity index (χ3n) is 24.8. The topological polar surface area (TPSA) is 126 Å². The molecule has 9 aromatic rings. The molecule has 0 N–H and O–H groups in total. The molecule has 0 atom stereocenters. The van der Waals surface area contributed by atoms with E-state index in [0.29, 0.717) is 79.0 Å². The van der Waals surface area contributed by atoms with E-state index in [0.717, 1.165) is 182 Å². The molecule has 0 aliphatic heterocycles. The van der Waals surface area contributed by atoms with E-state index in [1.807, 2.05) is 85.8 Å². The van der Waals surface area contributed by atoms with Crippen molar-refractivity contribution in [2.45, 2.75) is 284 Å². The molecule has 0 aromatic heterocycles. The Labute approximate surface area is 749 Å². The number of aryl methyl sites for hydroxylation is 7. The summed E-state index contributed by atoms with van der Waals surface area (Å²) in [6.07, 6.45) is 38.9. The minimum absolute atomic E-state index is 0.140. The lowest BCUT2D eigenvalue weighted by Crippen LogP contribution is -2.22. The molecule has 9 aromatic carbocycles. The Bertz CT molecular complexity index is 4480. The SMILES string of the molecule is C=C(CCC(=O)Oc1ccc(-c2ccc(C3CCC(OCCCCCOC)CC3)cc2C)cc1)OOc1ccc(C)cc1.CCCCC1CCC(OCCCCCCOc2ccc(-c3ccc(CCCOc4ccc(C)cc4)cc3)cc2F)CC1.Cc1ccc(-c2ccc(CCCCc3ccc(C(=O)OCCCCCCOC4CCC(C)CC4)cc3)cc2)cc1. The first-order valence-corrected chi connectivity index (χ1v) is 47.6. The van der Waals surface area contributed by atoms with Crippen molar-refractivity contribution in [3.05, 3.63) is 274 Å². The van der Waals surface area contributed by atoms with E-state index in [9.17, 15) is 14.0 Å². The normalized spacial score (nSPS) is 16.8. The number of hydrogen-bond donors (Lipinski definition) is 0. The molecule has 3 saturated carbocycles. The number of carbonyl (C=O) groups is 2. The molecule has 0 amide bonds. The molecule has 0 bridgehead atoms. The highest BCUT2D eigenvalue weighted by Gasteiger charge is 2.25. The van der Waals surface area contributed by atoms with Crippen LogP contribution in [-0.4, -0.2) is 83.6 Å². The summed E-state index contributed by atoms with van der Waals surface area (Å²) in [6.45, 7) is 22.0. The van der Waals surface area contributed by atoms with Gasteiger partial charge in [-0.05, 0) is 341 Å². The van der Waals surface area contributed by atoms with Crippen molar-refractivity contribution < 1.29 is 61.6 Å². The zero-order chi connectivity index (χ0) is 87.8. The largest absolute Gasteiger partial charge is 0.494 e. The third kappa shape index (κ3) is 36.9. The van der Waals surface area contributed by atoms with Gasteiger partial charge in [0, 0.05) is 40.0 Å². The minimum atomic E-state index is -0.351. The van der Waals surface area contributed by atoms with E-state index < -0.39 is 0 Å². The Morgan fingerprint density at radius 1 is 0.408 bits per heavy atom. The van der Waals surface area contributed by atoms with Crippen LogP contribution in [0.2, 0.25) is 0 Å². The summed E-state index contributed by atoms with van der Waals surface area (Å²) in [6, 6.07) is 69.4. The second-order valence-electron chi connectivity index (χ2n) is 35.3. The highest BCUT2D eigenvalue weighted by atomic mass is 19.1. The lowest BCUT2D eigenvalue weighted by molar-refractivity contribution is -0.169. The van der Waals surface area contributed by atoms with E-state index in [2.05, 4.69) is 156 Å². The fraction of sp³-hybridized carbons (Fsp3) is 0.482. The van der Waals surface area contributed by atoms with Gasteiger partial charge in [-0.15, -0.1) is 0 Å². The standard InChI is InChI=1S/C38H51FO3.C37H46O6.C37H48O3/c1-3-4-10-31-16-23-36(24-17-31)40-26-7-5-6-8-27-42-38-25-20-34(29-37(38)39)33-18-14-32(15-19-33)11-9-28-41-35-21-12-30(2)13-22-35;1-27-8-16-35(17-9-27)43-42-29(3)10-23-37(38)41-34-20-13-31(14-21-34)36-22-15-32(26-28(36)2)30-11-18-33(19-12-30)40-25-7-5-6-24-39-4;1-29-11-19-33(20-12-29)34-21-15-31(16-22-34)9-5-6-10-32-17-23-35(24-18-32)37(38)40-28-8-4-3-7-27-39-36-25-13-30(2)14-26-36/h12-15,18-22,25,29,31,36H,3-11,16-17,23-24,26-28H2,1-2H3;8-9,13-17,20-22,26,30,33H,3,5-7,10-12,18-19,23-25H2,1-2,4H3;11-12,15-24,30,36H,3-10,13-14,25-28H2,1-2H3. The Hall–Kier alpha value is -9.37. The van der Waals surface area contributed by atoms with Crippen LogP contribution in [0.15, 0.2) is 219 Å². The number of esters is 2. The monoisotopic (exact) mass is 1700 g/mol. The minimum Gasteiger partial charge on any atom is -0.494 e. The molecule has 0 heterocycles. The summed E-state index contributed by atoms with van der Waals surface area (Å²) in [5.74, 6) is 4.22. The molecule has 12 rings (SSSR count). The van der Waals surface area contributed by atoms with Crippen LogP contribution in [-0.2, 0) is 52.6 Å². The molecule has 0 unspecified atom stereocenters. The van der Waals surface area contributed by atoms with Crippen LogP contribution in [0.5, 0.6) is 23.0 Å². The lowest BCUT2D eigenvalue weighted by Gasteiger charge is -2.29. The smallest absolute Gasteiger partial charge is 0.338 e. The Kier molecular flexibility index (Phi) is 43.8. The average Bonchev–Trinajstić information content (AvgIpc) is 0.811. The van der Waals surface area contributed by atoms with Crippen LogP contribution in [0, 0.1) is 45.3 Å². The number of methoxy groups -OCH3 is 1. The molecule has 0 radical (unpaired) electrons. The van der Waals surface area contributed by atoms with Gasteiger partial charge >= 0.3 is 11.9 Å². The van der Waals surface area contributed by atoms with Gasteiger partial charge in [-0.1, -0.05) is 215 Å². The Balaban J connectivity index is 0.000000196. The van der Waals surface area contributed by atoms with Crippen molar-refractivity contribution in [2.75, 3.05) is 53.4 Å². The van der Waals surface area contributed by atoms with Crippen LogP contribution in [0.25, 0.3) is 33.4 Å². The van der Waals surface area contributed by atoms with Crippen LogP contribution in [0.1, 0.15) is 274 Å². The van der Waals surface area contributed by atoms with E-state index in [4.69, 9.17) is 47.7 Å². The van der Waals surface area contributed by atoms with Gasteiger partial charge in [-0.25, -0.2) is 9.18 Å². The highest BCUT2D eigenvalue weighted by molar-refractivity contribution is 5.89. The summed E-state index contributed by atoms with van der Waals surface area (Å²) >= 11 is 0. The fourth-order valence-electron chi connectivity index (χ4n) is 16.8. The zero-order valence-electron chi connectivity index (χ0n) is 76.6. The van der Waals surface area contributed by atoms with Crippen molar-refractivity contribution in [1.29, 1.82) is 0 Å². The Morgan fingerprint density at radius 2 is 0.864 bits per heavy atom. The predicted octanol–water partition coefficient (Wildman–Crippen LogP) is 29.1. The molecule has 3 aliphatic rings. The number of halogens is 1. The van der Waals surface area contributed by atoms with Crippen LogP contribution in [0.4, 0.5) is 4.39 Å². The number of unbranched alkanes of at least 4 members (excludes halogenated alkanes) is 10. The number of rotatable bonds is 49. The Morgan fingerprint density at radius 3 is 1.42 bits per heavy atom. The first-order valence-electron chi connectivity index (χ1n) is 47.6. The quantitative estimate of drug-likeness (QED) is 0.00900. The first-order chi connectivity index (χ1) is 61.1. The van der Waals surface area contributed by atoms with Gasteiger partial charge in [0.25, 0.3) is 0 Å². The number of allylic oxidation sites excluding steroid dienone is 1. The second-order valence-corrected chi connectivity index (χ2v) is 35.3. The van der Waals surface area contributed by atoms with Crippen LogP contribution in [0.3, 0.4) is 0 Å². The van der Waals surface area contributed by atoms with Crippen LogP contribution < -0.4 is 19.1 Å². The molecule has 3 aliphatic carbocycles. The molecular weight excluding hydrogens is 1560 g/mol. The molecular formula is C112H145FO12. The van der Waals surface area contributed by atoms with E-state index >= 15 is 0 Å². The number of carbonyl (C=O) groups excluding carboxylic acids is 2. The number of hydrogen-bond acceptors (Lipinski definition) is 12. The number of ether oxygens (including phenoxy) is 8. The lowest BCUT2D eigenvalue weighted by atomic mass is 9.81. The maximum Gasteiger partial charge on any atom is 0.338 e. The molecule has 0 spiro atoms. The molecule has 125 heavy (non-hydrogen) atoms. The van der Waals surface area contributed by atoms with Gasteiger partial charge in [0.15, 0.2) is 17.3 Å². The first kappa shape index (κ1) is 97.8. The van der Waals surface area contributed by atoms with Crippen molar-refractivity contribution in [3.63, 3.8) is 0 Å². The molecule has 13 heteroatoms. The van der Waals surface area contributed by atoms with Crippen LogP contribution >= 0.6 is 0 Å². The van der Waals surface area contributed by atoms with Gasteiger partial charge in [-0.3, -0.25) is 14.6 Å². The van der Waals surface area contributed by atoms with Crippen molar-refractivity contribution in [1.82, 2.24) is 0 Å². The molecule has 3 fully saturated rings. The summed E-state index contributed by atoms with van der Waals surface area (Å²) in [4.78, 5) is 35.2. The maximum absolute atomic E-state index is 14.8. The zero-order valence-corrected chi connectivity index (χ0v) is 76.6. The summed E-state index contributed by atoms with van der Waals surface area (Å²) < 4.78 is 60.8. The van der Waals surface area contributed by atoms with Gasteiger partial charge in [0.1, 0.15) is 17.3 Å². The fourth-order valence-corrected chi connectivity index (χ4v) is 16.8. The molecule has 0 saturated heterocycles. The summed E-state index contributed by atoms with van der Waals surface area (Å²) in [5, 5.41) is 0. The van der Waals surface area contributed by atoms with E-state index in [-0.39, 0.29) is 24.2 Å². The predicted molar refractivity (Wildman–Crippen MR) is 508 cm³/mol. The van der Waals surface area contributed by atoms with Crippen molar-refractivity contribution >= 4 is 11.9 Å². The highest BCUT2D eigenvalue weighted by Crippen LogP contribution is 2.38. The average molecular weight is 1700 g/mol. The number of benzene rings is 9. The van der Waals surface area contributed by atoms with Gasteiger partial charge in [-0.2, -0.15) is 0 Å². The van der Waals surface area contributed by atoms with Gasteiger partial charge in [0.2, 0.25) is 0 Å². The second kappa shape index (κ2) is 56.0. The maximum atomic E-state index is 14.8. The third-order valence-corrected chi connectivity index (χ3v) is 24.8. The molecule has 12 nitrogen and oxygen atoms in total. The van der Waals surface area contributed by atoms with Crippen molar-refractivity contribution in [2.24, 2.45) is 11.8 Å². The van der Waals surface area contributed by atoms with Gasteiger partial charge in [0.05, 0.1) is 50.1 Å². The van der Waals surface area contributed by atoms with E-state index in [1.54, 1.807) is 19.2 Å². The van der Waals surface area contributed by atoms with Gasteiger partial charge < -0.3 is 37.9 Å². The summed E-state index contributed by atoms with van der Waals surface area (Å²) in [5.41, 5.74) is 17.6. The van der Waals surface area contributed by atoms with E-state index in [1.165, 1.54) is 146 Å².